The van der Waals surface area contributed by atoms with Crippen LogP contribution in [0.4, 0.5) is 11.5 Å². The molecule has 0 unspecified atom stereocenters. The number of carbonyl (C=O) groups excluding carboxylic acids is 1. The van der Waals surface area contributed by atoms with Gasteiger partial charge in [0, 0.05) is 36.6 Å². The van der Waals surface area contributed by atoms with Crippen molar-refractivity contribution in [1.29, 1.82) is 0 Å². The van der Waals surface area contributed by atoms with Gasteiger partial charge in [0.15, 0.2) is 0 Å². The van der Waals surface area contributed by atoms with E-state index < -0.39 is 0 Å². The summed E-state index contributed by atoms with van der Waals surface area (Å²) in [7, 11) is 1.42. The lowest BCUT2D eigenvalue weighted by molar-refractivity contribution is -0.140. The summed E-state index contributed by atoms with van der Waals surface area (Å²) in [5.74, 6) is 1.56. The number of esters is 1. The number of anilines is 2. The maximum absolute atomic E-state index is 11.2. The third-order valence-corrected chi connectivity index (χ3v) is 6.53. The second-order valence-corrected chi connectivity index (χ2v) is 9.58. The van der Waals surface area contributed by atoms with Crippen molar-refractivity contribution < 1.29 is 14.3 Å². The molecule has 0 atom stereocenters. The molecule has 214 valence electrons. The Hall–Kier alpha value is -4.97. The predicted molar refractivity (Wildman–Crippen MR) is 168 cm³/mol. The molecule has 5 aromatic rings. The molecule has 0 radical (unpaired) electrons. The zero-order chi connectivity index (χ0) is 29.2. The van der Waals surface area contributed by atoms with Crippen molar-refractivity contribution in [2.45, 2.75) is 25.7 Å². The first kappa shape index (κ1) is 30.0. The van der Waals surface area contributed by atoms with Crippen LogP contribution in [0.15, 0.2) is 134 Å². The van der Waals surface area contributed by atoms with E-state index in [1.165, 1.54) is 18.2 Å². The van der Waals surface area contributed by atoms with Crippen molar-refractivity contribution in [3.8, 4) is 5.75 Å². The Morgan fingerprint density at radius 1 is 0.714 bits per heavy atom. The largest absolute Gasteiger partial charge is 0.492 e. The molecule has 0 fully saturated rings. The van der Waals surface area contributed by atoms with E-state index >= 15 is 0 Å². The van der Waals surface area contributed by atoms with Crippen molar-refractivity contribution in [2.24, 2.45) is 0 Å². The Balaban J connectivity index is 0.000000258. The number of para-hydroxylation sites is 1. The molecule has 0 bridgehead atoms. The van der Waals surface area contributed by atoms with Crippen LogP contribution in [-0.4, -0.2) is 36.2 Å². The summed E-state index contributed by atoms with van der Waals surface area (Å²) < 4.78 is 10.6. The molecule has 6 heteroatoms. The van der Waals surface area contributed by atoms with Crippen molar-refractivity contribution in [1.82, 2.24) is 9.97 Å². The summed E-state index contributed by atoms with van der Waals surface area (Å²) in [6.45, 7) is 1.22. The van der Waals surface area contributed by atoms with E-state index in [0.29, 0.717) is 19.6 Å². The van der Waals surface area contributed by atoms with Gasteiger partial charge in [-0.05, 0) is 72.5 Å². The molecule has 0 spiro atoms. The standard InChI is InChI=1S/C24H26N2O3.C12H11N/c1-28-24(27)12-7-8-20-13-15-22(16-14-20)29-19-18-26(21-9-3-2-4-10-21)23-11-5-6-17-25-23;1-2-6-11(7-3-1)10-12-8-4-5-9-13-12/h2-6,9-11,13-17H,7-8,12,18-19H2,1H3;1-9H,10H2. The van der Waals surface area contributed by atoms with Crippen LogP contribution >= 0.6 is 0 Å². The average molecular weight is 560 g/mol. The number of ether oxygens (including phenoxy) is 2. The third-order valence-electron chi connectivity index (χ3n) is 6.53. The molecule has 0 aliphatic rings. The first-order chi connectivity index (χ1) is 20.7. The fourth-order valence-electron chi connectivity index (χ4n) is 4.35. The monoisotopic (exact) mass is 559 g/mol. The topological polar surface area (TPSA) is 64.6 Å². The number of methoxy groups -OCH3 is 1. The number of nitrogens with zero attached hydrogens (tertiary/aromatic N) is 3. The zero-order valence-electron chi connectivity index (χ0n) is 24.0. The van der Waals surface area contributed by atoms with Gasteiger partial charge in [-0.2, -0.15) is 0 Å². The Morgan fingerprint density at radius 3 is 2.02 bits per heavy atom. The van der Waals surface area contributed by atoms with Gasteiger partial charge in [0.05, 0.1) is 13.7 Å². The Kier molecular flexibility index (Phi) is 12.1. The summed E-state index contributed by atoms with van der Waals surface area (Å²) in [5, 5.41) is 0. The molecule has 0 amide bonds. The second kappa shape index (κ2) is 17.0. The summed E-state index contributed by atoms with van der Waals surface area (Å²) in [6.07, 6.45) is 6.61. The number of aryl methyl sites for hydroxylation is 1. The molecule has 2 aromatic heterocycles. The number of aromatic nitrogens is 2. The van der Waals surface area contributed by atoms with E-state index in [4.69, 9.17) is 4.74 Å². The lowest BCUT2D eigenvalue weighted by atomic mass is 10.1. The first-order valence-corrected chi connectivity index (χ1v) is 14.2. The minimum absolute atomic E-state index is 0.166. The SMILES string of the molecule is COC(=O)CCCc1ccc(OCCN(c2ccccc2)c2ccccn2)cc1.c1ccc(Cc2ccccn2)cc1. The van der Waals surface area contributed by atoms with Gasteiger partial charge in [0.1, 0.15) is 18.2 Å². The lowest BCUT2D eigenvalue weighted by Crippen LogP contribution is -2.24. The van der Waals surface area contributed by atoms with Gasteiger partial charge in [-0.3, -0.25) is 9.78 Å². The fourth-order valence-corrected chi connectivity index (χ4v) is 4.35. The molecule has 0 saturated heterocycles. The van der Waals surface area contributed by atoms with Crippen molar-refractivity contribution >= 4 is 17.5 Å². The van der Waals surface area contributed by atoms with E-state index in [9.17, 15) is 4.79 Å². The van der Waals surface area contributed by atoms with E-state index in [1.54, 1.807) is 6.20 Å². The second-order valence-electron chi connectivity index (χ2n) is 9.58. The van der Waals surface area contributed by atoms with Crippen LogP contribution in [0.25, 0.3) is 0 Å². The van der Waals surface area contributed by atoms with E-state index in [2.05, 4.69) is 56.0 Å². The smallest absolute Gasteiger partial charge is 0.305 e. The number of pyridine rings is 2. The maximum Gasteiger partial charge on any atom is 0.305 e. The summed E-state index contributed by atoms with van der Waals surface area (Å²) >= 11 is 0. The Labute approximate surface area is 248 Å². The summed E-state index contributed by atoms with van der Waals surface area (Å²) in [5.41, 5.74) is 4.69. The summed E-state index contributed by atoms with van der Waals surface area (Å²) in [4.78, 5) is 22.1. The molecule has 0 aliphatic heterocycles. The molecule has 0 aliphatic carbocycles. The molecule has 0 N–H and O–H groups in total. The van der Waals surface area contributed by atoms with E-state index in [0.717, 1.165) is 42.2 Å². The van der Waals surface area contributed by atoms with Crippen LogP contribution in [0.1, 0.15) is 29.7 Å². The van der Waals surface area contributed by atoms with Gasteiger partial charge >= 0.3 is 5.97 Å². The summed E-state index contributed by atoms with van der Waals surface area (Å²) in [6, 6.07) is 40.5. The molecule has 6 nitrogen and oxygen atoms in total. The van der Waals surface area contributed by atoms with Crippen LogP contribution in [0.2, 0.25) is 0 Å². The minimum atomic E-state index is -0.166. The highest BCUT2D eigenvalue weighted by molar-refractivity contribution is 5.69. The van der Waals surface area contributed by atoms with Gasteiger partial charge < -0.3 is 14.4 Å². The molecule has 5 rings (SSSR count). The van der Waals surface area contributed by atoms with Crippen molar-refractivity contribution in [2.75, 3.05) is 25.2 Å². The lowest BCUT2D eigenvalue weighted by Gasteiger charge is -2.23. The molecule has 0 saturated carbocycles. The van der Waals surface area contributed by atoms with Crippen LogP contribution in [0.5, 0.6) is 5.75 Å². The van der Waals surface area contributed by atoms with Gasteiger partial charge in [-0.1, -0.05) is 72.8 Å². The van der Waals surface area contributed by atoms with Crippen LogP contribution in [0, 0.1) is 0 Å². The fraction of sp³-hybridized carbons (Fsp3) is 0.194. The number of hydrogen-bond acceptors (Lipinski definition) is 6. The average Bonchev–Trinajstić information content (AvgIpc) is 3.06. The number of carbonyl (C=O) groups is 1. The highest BCUT2D eigenvalue weighted by Crippen LogP contribution is 2.23. The molecule has 3 aromatic carbocycles. The van der Waals surface area contributed by atoms with Gasteiger partial charge in [0.25, 0.3) is 0 Å². The predicted octanol–water partition coefficient (Wildman–Crippen LogP) is 7.47. The normalized spacial score (nSPS) is 10.2. The maximum atomic E-state index is 11.2. The van der Waals surface area contributed by atoms with Crippen LogP contribution < -0.4 is 9.64 Å². The quantitative estimate of drug-likeness (QED) is 0.148. The first-order valence-electron chi connectivity index (χ1n) is 14.2. The van der Waals surface area contributed by atoms with Crippen LogP contribution in [0.3, 0.4) is 0 Å². The van der Waals surface area contributed by atoms with E-state index in [-0.39, 0.29) is 5.97 Å². The van der Waals surface area contributed by atoms with Gasteiger partial charge in [0.2, 0.25) is 0 Å². The molecular weight excluding hydrogens is 522 g/mol. The molecular formula is C36H37N3O3. The number of hydrogen-bond donors (Lipinski definition) is 0. The van der Waals surface area contributed by atoms with Gasteiger partial charge in [-0.15, -0.1) is 0 Å². The van der Waals surface area contributed by atoms with Crippen molar-refractivity contribution in [3.63, 3.8) is 0 Å². The highest BCUT2D eigenvalue weighted by Gasteiger charge is 2.10. The van der Waals surface area contributed by atoms with E-state index in [1.807, 2.05) is 91.1 Å². The molecule has 42 heavy (non-hydrogen) atoms. The minimum Gasteiger partial charge on any atom is -0.492 e. The zero-order valence-corrected chi connectivity index (χ0v) is 24.0. The number of benzene rings is 3. The molecule has 2 heterocycles. The van der Waals surface area contributed by atoms with Crippen molar-refractivity contribution in [3.05, 3.63) is 151 Å². The number of rotatable bonds is 12. The third kappa shape index (κ3) is 10.2. The Morgan fingerprint density at radius 2 is 1.38 bits per heavy atom. The Bertz CT molecular complexity index is 1360. The van der Waals surface area contributed by atoms with Gasteiger partial charge in [-0.25, -0.2) is 4.98 Å². The highest BCUT2D eigenvalue weighted by atomic mass is 16.5. The van der Waals surface area contributed by atoms with Crippen LogP contribution in [-0.2, 0) is 22.4 Å².